The molecule has 0 heterocycles. The van der Waals surface area contributed by atoms with E-state index in [1.807, 2.05) is 26.1 Å². The quantitative estimate of drug-likeness (QED) is 0.817. The zero-order chi connectivity index (χ0) is 13.0. The third-order valence-electron chi connectivity index (χ3n) is 4.29. The Kier molecular flexibility index (Phi) is 4.76. The number of aryl methyl sites for hydroxylation is 1. The van der Waals surface area contributed by atoms with Gasteiger partial charge in [-0.3, -0.25) is 0 Å². The topological polar surface area (TPSA) is 12.0 Å². The van der Waals surface area contributed by atoms with Gasteiger partial charge in [0.2, 0.25) is 0 Å². The summed E-state index contributed by atoms with van der Waals surface area (Å²) < 4.78 is 13.6. The summed E-state index contributed by atoms with van der Waals surface area (Å²) in [6.45, 7) is 1.81. The van der Waals surface area contributed by atoms with Crippen LogP contribution < -0.4 is 5.32 Å². The lowest BCUT2D eigenvalue weighted by Crippen LogP contribution is -2.17. The first-order chi connectivity index (χ1) is 8.70. The molecule has 1 aromatic carbocycles. The first-order valence-corrected chi connectivity index (χ1v) is 7.14. The molecule has 1 atom stereocenters. The predicted octanol–water partition coefficient (Wildman–Crippen LogP) is 4.37. The summed E-state index contributed by atoms with van der Waals surface area (Å²) in [6.07, 6.45) is 7.95. The van der Waals surface area contributed by atoms with E-state index in [1.54, 1.807) is 6.07 Å². The van der Waals surface area contributed by atoms with Gasteiger partial charge in [0.15, 0.2) is 0 Å². The van der Waals surface area contributed by atoms with Gasteiger partial charge in [-0.2, -0.15) is 0 Å². The molecule has 2 rings (SSSR count). The van der Waals surface area contributed by atoms with Gasteiger partial charge in [-0.25, -0.2) is 4.39 Å². The molecule has 1 unspecified atom stereocenters. The van der Waals surface area contributed by atoms with Crippen LogP contribution in [-0.2, 0) is 0 Å². The second-order valence-corrected chi connectivity index (χ2v) is 5.58. The van der Waals surface area contributed by atoms with E-state index in [2.05, 4.69) is 5.32 Å². The largest absolute Gasteiger partial charge is 0.313 e. The highest BCUT2D eigenvalue weighted by Gasteiger charge is 2.18. The van der Waals surface area contributed by atoms with Crippen molar-refractivity contribution in [3.8, 4) is 0 Å². The summed E-state index contributed by atoms with van der Waals surface area (Å²) in [5.74, 6) is 0.810. The van der Waals surface area contributed by atoms with Gasteiger partial charge in [0.25, 0.3) is 0 Å². The molecule has 0 bridgehead atoms. The van der Waals surface area contributed by atoms with Crippen molar-refractivity contribution in [2.24, 2.45) is 5.92 Å². The summed E-state index contributed by atoms with van der Waals surface area (Å²) in [7, 11) is 1.97. The van der Waals surface area contributed by atoms with Crippen molar-refractivity contribution in [1.29, 1.82) is 0 Å². The van der Waals surface area contributed by atoms with E-state index in [1.165, 1.54) is 32.1 Å². The SMILES string of the molecule is CNC(CCC1CCCC1)c1ccc(C)c(F)c1. The summed E-state index contributed by atoms with van der Waals surface area (Å²) in [5, 5.41) is 3.32. The van der Waals surface area contributed by atoms with E-state index < -0.39 is 0 Å². The Hall–Kier alpha value is -0.890. The Bertz CT molecular complexity index is 383. The summed E-state index contributed by atoms with van der Waals surface area (Å²) in [4.78, 5) is 0. The minimum Gasteiger partial charge on any atom is -0.313 e. The maximum absolute atomic E-state index is 13.6. The van der Waals surface area contributed by atoms with Gasteiger partial charge in [-0.15, -0.1) is 0 Å². The molecule has 0 saturated heterocycles. The highest BCUT2D eigenvalue weighted by Crippen LogP contribution is 2.31. The van der Waals surface area contributed by atoms with E-state index in [0.717, 1.165) is 23.5 Å². The number of halogens is 1. The van der Waals surface area contributed by atoms with Crippen LogP contribution in [0, 0.1) is 18.7 Å². The lowest BCUT2D eigenvalue weighted by Gasteiger charge is -2.19. The number of benzene rings is 1. The monoisotopic (exact) mass is 249 g/mol. The highest BCUT2D eigenvalue weighted by atomic mass is 19.1. The van der Waals surface area contributed by atoms with Crippen molar-refractivity contribution in [3.63, 3.8) is 0 Å². The number of hydrogen-bond acceptors (Lipinski definition) is 1. The molecule has 100 valence electrons. The Morgan fingerprint density at radius 2 is 2.06 bits per heavy atom. The molecule has 1 nitrogen and oxygen atoms in total. The lowest BCUT2D eigenvalue weighted by molar-refractivity contribution is 0.426. The zero-order valence-corrected chi connectivity index (χ0v) is 11.5. The molecular weight excluding hydrogens is 225 g/mol. The van der Waals surface area contributed by atoms with Crippen molar-refractivity contribution in [1.82, 2.24) is 5.32 Å². The normalized spacial score (nSPS) is 18.2. The van der Waals surface area contributed by atoms with E-state index in [-0.39, 0.29) is 5.82 Å². The van der Waals surface area contributed by atoms with Gasteiger partial charge in [0.05, 0.1) is 0 Å². The molecule has 1 N–H and O–H groups in total. The maximum atomic E-state index is 13.6. The molecule has 0 aromatic heterocycles. The molecule has 2 heteroatoms. The van der Waals surface area contributed by atoms with Crippen LogP contribution >= 0.6 is 0 Å². The Morgan fingerprint density at radius 3 is 2.67 bits per heavy atom. The fourth-order valence-electron chi connectivity index (χ4n) is 3.00. The average Bonchev–Trinajstić information content (AvgIpc) is 2.87. The van der Waals surface area contributed by atoms with Gasteiger partial charge in [-0.1, -0.05) is 37.8 Å². The summed E-state index contributed by atoms with van der Waals surface area (Å²) in [6, 6.07) is 5.91. The Balaban J connectivity index is 1.96. The van der Waals surface area contributed by atoms with E-state index in [4.69, 9.17) is 0 Å². The van der Waals surface area contributed by atoms with Crippen molar-refractivity contribution in [2.75, 3.05) is 7.05 Å². The smallest absolute Gasteiger partial charge is 0.126 e. The van der Waals surface area contributed by atoms with Gasteiger partial charge in [0, 0.05) is 6.04 Å². The molecule has 0 radical (unpaired) electrons. The third kappa shape index (κ3) is 3.32. The van der Waals surface area contributed by atoms with Crippen LogP contribution in [0.15, 0.2) is 18.2 Å². The van der Waals surface area contributed by atoms with E-state index in [0.29, 0.717) is 6.04 Å². The summed E-state index contributed by atoms with van der Waals surface area (Å²) in [5.41, 5.74) is 1.81. The molecule has 1 aromatic rings. The molecular formula is C16H24FN. The van der Waals surface area contributed by atoms with E-state index >= 15 is 0 Å². The average molecular weight is 249 g/mol. The standard InChI is InChI=1S/C16H24FN/c1-12-7-9-14(11-15(12)17)16(18-2)10-8-13-5-3-4-6-13/h7,9,11,13,16,18H,3-6,8,10H2,1-2H3. The van der Waals surface area contributed by atoms with E-state index in [9.17, 15) is 4.39 Å². The third-order valence-corrected chi connectivity index (χ3v) is 4.29. The minimum atomic E-state index is -0.0892. The first kappa shape index (κ1) is 13.5. The zero-order valence-electron chi connectivity index (χ0n) is 11.5. The van der Waals surface area contributed by atoms with Crippen molar-refractivity contribution in [3.05, 3.63) is 35.1 Å². The van der Waals surface area contributed by atoms with Crippen LogP contribution in [0.3, 0.4) is 0 Å². The van der Waals surface area contributed by atoms with Crippen LogP contribution in [-0.4, -0.2) is 7.05 Å². The molecule has 1 aliphatic rings. The Morgan fingerprint density at radius 1 is 1.33 bits per heavy atom. The van der Waals surface area contributed by atoms with Gasteiger partial charge in [0.1, 0.15) is 5.82 Å². The van der Waals surface area contributed by atoms with Crippen molar-refractivity contribution >= 4 is 0 Å². The van der Waals surface area contributed by atoms with Gasteiger partial charge >= 0.3 is 0 Å². The number of nitrogens with one attached hydrogen (secondary N) is 1. The van der Waals surface area contributed by atoms with Crippen molar-refractivity contribution < 1.29 is 4.39 Å². The van der Waals surface area contributed by atoms with Crippen LogP contribution in [0.2, 0.25) is 0 Å². The fraction of sp³-hybridized carbons (Fsp3) is 0.625. The van der Waals surface area contributed by atoms with Crippen LogP contribution in [0.25, 0.3) is 0 Å². The lowest BCUT2D eigenvalue weighted by atomic mass is 9.94. The maximum Gasteiger partial charge on any atom is 0.126 e. The molecule has 1 aliphatic carbocycles. The minimum absolute atomic E-state index is 0.0892. The molecule has 18 heavy (non-hydrogen) atoms. The number of hydrogen-bond donors (Lipinski definition) is 1. The number of rotatable bonds is 5. The predicted molar refractivity (Wildman–Crippen MR) is 74.1 cm³/mol. The molecule has 0 amide bonds. The second kappa shape index (κ2) is 6.33. The first-order valence-electron chi connectivity index (χ1n) is 7.14. The molecule has 1 fully saturated rings. The van der Waals surface area contributed by atoms with Crippen LogP contribution in [0.5, 0.6) is 0 Å². The summed E-state index contributed by atoms with van der Waals surface area (Å²) >= 11 is 0. The molecule has 0 spiro atoms. The van der Waals surface area contributed by atoms with Crippen LogP contribution in [0.4, 0.5) is 4.39 Å². The van der Waals surface area contributed by atoms with Crippen LogP contribution in [0.1, 0.15) is 55.7 Å². The second-order valence-electron chi connectivity index (χ2n) is 5.58. The molecule has 1 saturated carbocycles. The highest BCUT2D eigenvalue weighted by molar-refractivity contribution is 5.25. The van der Waals surface area contributed by atoms with Gasteiger partial charge < -0.3 is 5.32 Å². The van der Waals surface area contributed by atoms with Crippen molar-refractivity contribution in [2.45, 2.75) is 51.5 Å². The molecule has 0 aliphatic heterocycles. The Labute approximate surface area is 110 Å². The van der Waals surface area contributed by atoms with Gasteiger partial charge in [-0.05, 0) is 49.9 Å². The fourth-order valence-corrected chi connectivity index (χ4v) is 3.00.